The number of nitrogen functional groups attached to an aromatic ring is 1. The highest BCUT2D eigenvalue weighted by Gasteiger charge is 2.26. The minimum atomic E-state index is 0.406. The van der Waals surface area contributed by atoms with E-state index in [0.29, 0.717) is 17.6 Å². The molecule has 0 bridgehead atoms. The molecule has 5 nitrogen and oxygen atoms in total. The Morgan fingerprint density at radius 2 is 2.19 bits per heavy atom. The highest BCUT2D eigenvalue weighted by molar-refractivity contribution is 7.13. The number of nitrogens with one attached hydrogen (secondary N) is 1. The standard InChI is InChI=1S/C10H11N5S/c11-8-3-12-4-9(14-8)15-10-13-7(5-16-10)6-1-2-6/h3-6H,1-2H2,(H3,11,13,14,15). The van der Waals surface area contributed by atoms with E-state index in [0.717, 1.165) is 5.13 Å². The minimum absolute atomic E-state index is 0.406. The molecule has 2 heterocycles. The van der Waals surface area contributed by atoms with E-state index in [1.54, 1.807) is 17.5 Å². The summed E-state index contributed by atoms with van der Waals surface area (Å²) >= 11 is 1.59. The summed E-state index contributed by atoms with van der Waals surface area (Å²) in [7, 11) is 0. The molecule has 3 N–H and O–H groups in total. The lowest BCUT2D eigenvalue weighted by Crippen LogP contribution is -1.97. The van der Waals surface area contributed by atoms with Crippen LogP contribution in [0.3, 0.4) is 0 Å². The molecule has 0 aromatic carbocycles. The lowest BCUT2D eigenvalue weighted by atomic mass is 10.3. The summed E-state index contributed by atoms with van der Waals surface area (Å²) < 4.78 is 0. The zero-order valence-corrected chi connectivity index (χ0v) is 9.37. The van der Waals surface area contributed by atoms with Crippen molar-refractivity contribution in [1.82, 2.24) is 15.0 Å². The Kier molecular flexibility index (Phi) is 2.21. The van der Waals surface area contributed by atoms with Crippen LogP contribution in [0.15, 0.2) is 17.8 Å². The van der Waals surface area contributed by atoms with Crippen molar-refractivity contribution in [3.05, 3.63) is 23.5 Å². The third-order valence-corrected chi connectivity index (χ3v) is 3.18. The summed E-state index contributed by atoms with van der Waals surface area (Å²) in [6.45, 7) is 0. The van der Waals surface area contributed by atoms with Crippen molar-refractivity contribution in [3.8, 4) is 0 Å². The number of aromatic nitrogens is 3. The van der Waals surface area contributed by atoms with Gasteiger partial charge < -0.3 is 11.1 Å². The number of nitrogens with two attached hydrogens (primary N) is 1. The van der Waals surface area contributed by atoms with Gasteiger partial charge >= 0.3 is 0 Å². The predicted molar refractivity (Wildman–Crippen MR) is 63.8 cm³/mol. The monoisotopic (exact) mass is 233 g/mol. The van der Waals surface area contributed by atoms with E-state index in [9.17, 15) is 0 Å². The Hall–Kier alpha value is -1.69. The topological polar surface area (TPSA) is 76.7 Å². The van der Waals surface area contributed by atoms with Crippen LogP contribution in [0, 0.1) is 0 Å². The van der Waals surface area contributed by atoms with E-state index >= 15 is 0 Å². The van der Waals surface area contributed by atoms with Gasteiger partial charge in [-0.15, -0.1) is 11.3 Å². The molecule has 0 atom stereocenters. The molecule has 2 aromatic heterocycles. The first-order valence-electron chi connectivity index (χ1n) is 5.11. The largest absolute Gasteiger partial charge is 0.382 e. The molecule has 6 heteroatoms. The molecule has 82 valence electrons. The van der Waals surface area contributed by atoms with Crippen molar-refractivity contribution in [2.24, 2.45) is 0 Å². The number of hydrogen-bond acceptors (Lipinski definition) is 6. The van der Waals surface area contributed by atoms with Gasteiger partial charge in [-0.25, -0.2) is 9.97 Å². The second-order valence-electron chi connectivity index (χ2n) is 3.81. The second-order valence-corrected chi connectivity index (χ2v) is 4.66. The minimum Gasteiger partial charge on any atom is -0.382 e. The average molecular weight is 233 g/mol. The smallest absolute Gasteiger partial charge is 0.188 e. The number of anilines is 3. The maximum absolute atomic E-state index is 5.55. The van der Waals surface area contributed by atoms with Crippen LogP contribution >= 0.6 is 11.3 Å². The maximum atomic E-state index is 5.55. The molecule has 0 amide bonds. The fourth-order valence-electron chi connectivity index (χ4n) is 1.46. The van der Waals surface area contributed by atoms with Gasteiger partial charge in [0.15, 0.2) is 10.9 Å². The van der Waals surface area contributed by atoms with E-state index < -0.39 is 0 Å². The summed E-state index contributed by atoms with van der Waals surface area (Å²) in [4.78, 5) is 12.6. The van der Waals surface area contributed by atoms with Crippen molar-refractivity contribution in [1.29, 1.82) is 0 Å². The van der Waals surface area contributed by atoms with E-state index in [-0.39, 0.29) is 0 Å². The predicted octanol–water partition coefficient (Wildman–Crippen LogP) is 2.14. The fraction of sp³-hybridized carbons (Fsp3) is 0.300. The highest BCUT2D eigenvalue weighted by Crippen LogP contribution is 2.41. The summed E-state index contributed by atoms with van der Waals surface area (Å²) in [6.07, 6.45) is 5.68. The third kappa shape index (κ3) is 1.96. The van der Waals surface area contributed by atoms with Crippen molar-refractivity contribution in [2.75, 3.05) is 11.1 Å². The molecule has 1 fully saturated rings. The van der Waals surface area contributed by atoms with Gasteiger partial charge in [0, 0.05) is 11.3 Å². The van der Waals surface area contributed by atoms with Crippen molar-refractivity contribution in [2.45, 2.75) is 18.8 Å². The van der Waals surface area contributed by atoms with Gasteiger partial charge in [-0.2, -0.15) is 0 Å². The molecule has 3 rings (SSSR count). The molecule has 0 spiro atoms. The van der Waals surface area contributed by atoms with Crippen LogP contribution in [0.4, 0.5) is 16.8 Å². The van der Waals surface area contributed by atoms with Gasteiger partial charge in [0.2, 0.25) is 0 Å². The molecule has 1 aliphatic carbocycles. The quantitative estimate of drug-likeness (QED) is 0.849. The lowest BCUT2D eigenvalue weighted by Gasteiger charge is -2.00. The van der Waals surface area contributed by atoms with Crippen LogP contribution in [0.1, 0.15) is 24.5 Å². The summed E-state index contributed by atoms with van der Waals surface area (Å²) in [5.74, 6) is 1.72. The first-order valence-corrected chi connectivity index (χ1v) is 5.99. The summed E-state index contributed by atoms with van der Waals surface area (Å²) in [5.41, 5.74) is 6.73. The number of rotatable bonds is 3. The Labute approximate surface area is 96.8 Å². The Balaban J connectivity index is 1.77. The van der Waals surface area contributed by atoms with Gasteiger partial charge in [0.05, 0.1) is 18.1 Å². The second kappa shape index (κ2) is 3.71. The van der Waals surface area contributed by atoms with Crippen molar-refractivity contribution in [3.63, 3.8) is 0 Å². The van der Waals surface area contributed by atoms with E-state index in [2.05, 4.69) is 25.6 Å². The van der Waals surface area contributed by atoms with Gasteiger partial charge in [-0.05, 0) is 12.8 Å². The van der Waals surface area contributed by atoms with Crippen LogP contribution in [-0.2, 0) is 0 Å². The molecule has 1 aliphatic rings. The molecule has 0 saturated heterocycles. The zero-order valence-electron chi connectivity index (χ0n) is 8.55. The van der Waals surface area contributed by atoms with Gasteiger partial charge in [0.25, 0.3) is 0 Å². The van der Waals surface area contributed by atoms with Crippen LogP contribution in [0.2, 0.25) is 0 Å². The van der Waals surface area contributed by atoms with E-state index in [1.165, 1.54) is 24.7 Å². The van der Waals surface area contributed by atoms with Crippen molar-refractivity contribution < 1.29 is 0 Å². The van der Waals surface area contributed by atoms with Crippen LogP contribution < -0.4 is 11.1 Å². The molecule has 0 aliphatic heterocycles. The Bertz CT molecular complexity index is 505. The lowest BCUT2D eigenvalue weighted by molar-refractivity contribution is 1.05. The Morgan fingerprint density at radius 3 is 2.94 bits per heavy atom. The maximum Gasteiger partial charge on any atom is 0.188 e. The van der Waals surface area contributed by atoms with Gasteiger partial charge in [0.1, 0.15) is 5.82 Å². The van der Waals surface area contributed by atoms with E-state index in [4.69, 9.17) is 5.73 Å². The molecule has 1 saturated carbocycles. The average Bonchev–Trinajstić information content (AvgIpc) is 3.01. The van der Waals surface area contributed by atoms with Crippen LogP contribution in [-0.4, -0.2) is 15.0 Å². The number of thiazole rings is 1. The van der Waals surface area contributed by atoms with Gasteiger partial charge in [-0.1, -0.05) is 0 Å². The number of nitrogens with zero attached hydrogens (tertiary/aromatic N) is 3. The molecular formula is C10H11N5S. The zero-order chi connectivity index (χ0) is 11.0. The first kappa shape index (κ1) is 9.53. The summed E-state index contributed by atoms with van der Waals surface area (Å²) in [5, 5.41) is 6.05. The number of hydrogen-bond donors (Lipinski definition) is 2. The summed E-state index contributed by atoms with van der Waals surface area (Å²) in [6, 6.07) is 0. The van der Waals surface area contributed by atoms with Crippen molar-refractivity contribution >= 4 is 28.1 Å². The normalized spacial score (nSPS) is 15.0. The third-order valence-electron chi connectivity index (χ3n) is 2.41. The highest BCUT2D eigenvalue weighted by atomic mass is 32.1. The molecule has 0 radical (unpaired) electrons. The molecule has 16 heavy (non-hydrogen) atoms. The SMILES string of the molecule is Nc1cncc(Nc2nc(C3CC3)cs2)n1. The first-order chi connectivity index (χ1) is 7.81. The van der Waals surface area contributed by atoms with Crippen LogP contribution in [0.5, 0.6) is 0 Å². The fourth-order valence-corrected chi connectivity index (χ4v) is 2.26. The molecule has 2 aromatic rings. The molecular weight excluding hydrogens is 222 g/mol. The van der Waals surface area contributed by atoms with Crippen LogP contribution in [0.25, 0.3) is 0 Å². The Morgan fingerprint density at radius 1 is 1.31 bits per heavy atom. The molecule has 0 unspecified atom stereocenters. The van der Waals surface area contributed by atoms with Gasteiger partial charge in [-0.3, -0.25) is 4.98 Å². The van der Waals surface area contributed by atoms with E-state index in [1.807, 2.05) is 0 Å².